The molecule has 1 amide bonds. The normalized spacial score (nSPS) is 12.0. The number of fused-ring (bicyclic) bond motifs is 1. The third-order valence-corrected chi connectivity index (χ3v) is 7.03. The minimum Gasteiger partial charge on any atom is -0.870 e. The minimum atomic E-state index is -5.12. The Morgan fingerprint density at radius 1 is 0.857 bits per heavy atom. The quantitative estimate of drug-likeness (QED) is 0.0633. The molecule has 0 atom stereocenters. The van der Waals surface area contributed by atoms with Crippen LogP contribution in [0.3, 0.4) is 0 Å². The smallest absolute Gasteiger partial charge is 0.870 e. The van der Waals surface area contributed by atoms with E-state index in [0.717, 1.165) is 18.2 Å². The van der Waals surface area contributed by atoms with Crippen molar-refractivity contribution < 1.29 is 100 Å². The van der Waals surface area contributed by atoms with E-state index < -0.39 is 58.4 Å². The van der Waals surface area contributed by atoms with Crippen LogP contribution in [0, 0.1) is 0 Å². The second-order valence-electron chi connectivity index (χ2n) is 8.26. The monoisotopic (exact) mass is 628 g/mol. The number of carbonyl (C=O) groups is 1. The Labute approximate surface area is 284 Å². The van der Waals surface area contributed by atoms with Crippen LogP contribution in [0.5, 0.6) is 5.75 Å². The van der Waals surface area contributed by atoms with Crippen molar-refractivity contribution in [2.75, 3.05) is 5.32 Å². The van der Waals surface area contributed by atoms with Gasteiger partial charge in [0.1, 0.15) is 4.90 Å². The zero-order chi connectivity index (χ0) is 29.2. The fourth-order valence-corrected chi connectivity index (χ4v) is 4.85. The van der Waals surface area contributed by atoms with E-state index in [1.165, 1.54) is 37.3 Å². The summed E-state index contributed by atoms with van der Waals surface area (Å²) in [5.41, 5.74) is -0.844. The maximum absolute atomic E-state index is 13.6. The first-order valence-corrected chi connectivity index (χ1v) is 14.0. The number of hydrogen-bond donors (Lipinski definition) is 3. The van der Waals surface area contributed by atoms with Gasteiger partial charge in [-0.2, -0.15) is 21.9 Å². The molecule has 0 aliphatic carbocycles. The van der Waals surface area contributed by atoms with Gasteiger partial charge in [0.05, 0.1) is 22.0 Å². The standard InChI is InChI=1S/C25H20N4O9S2.2Na/c1-14(30)26-17-8-5-9-18(12-17)28-29-23-21(40(36,37)38)11-16-10-19(39(33,34)35)13-20(22(16)24(23)31)27-25(32)15-6-3-2-4-7-15;;/h2-13,31H,1H3,(H,26,30)(H,27,32)(H,33,34,35)(H,36,37,38);;/q;2*+1/p-2. The van der Waals surface area contributed by atoms with E-state index >= 15 is 0 Å². The molecule has 0 radical (unpaired) electrons. The zero-order valence-corrected chi connectivity index (χ0v) is 28.0. The Bertz CT molecular complexity index is 1930. The second kappa shape index (κ2) is 14.2. The number of nitrogens with zero attached hydrogens (tertiary/aromatic N) is 3. The van der Waals surface area contributed by atoms with E-state index in [9.17, 15) is 40.9 Å². The van der Waals surface area contributed by atoms with Crippen LogP contribution in [0.4, 0.5) is 22.7 Å². The average molecular weight is 629 g/mol. The third-order valence-electron chi connectivity index (χ3n) is 5.33. The summed E-state index contributed by atoms with van der Waals surface area (Å²) in [6, 6.07) is 15.7. The van der Waals surface area contributed by atoms with Gasteiger partial charge in [-0.25, -0.2) is 0 Å². The van der Waals surface area contributed by atoms with Crippen molar-refractivity contribution in [3.63, 3.8) is 0 Å². The predicted molar refractivity (Wildman–Crippen MR) is 141 cm³/mol. The number of aliphatic imine (C=N–C) groups is 1. The van der Waals surface area contributed by atoms with Crippen molar-refractivity contribution in [3.8, 4) is 5.75 Å². The average Bonchev–Trinajstić information content (AvgIpc) is 2.87. The van der Waals surface area contributed by atoms with Crippen molar-refractivity contribution in [2.45, 2.75) is 16.7 Å². The molecule has 42 heavy (non-hydrogen) atoms. The minimum absolute atomic E-state index is 0. The number of anilines is 1. The second-order valence-corrected chi connectivity index (χ2v) is 11.1. The molecule has 4 rings (SSSR count). The fraction of sp³-hybridized carbons (Fsp3) is 0.0400. The molecule has 0 aliphatic rings. The first kappa shape index (κ1) is 35.5. The largest absolute Gasteiger partial charge is 1.00 e. The number of benzene rings is 4. The molecule has 13 nitrogen and oxygen atoms in total. The van der Waals surface area contributed by atoms with Gasteiger partial charge in [0, 0.05) is 18.0 Å². The van der Waals surface area contributed by atoms with Crippen molar-refractivity contribution in [2.24, 2.45) is 15.2 Å². The summed E-state index contributed by atoms with van der Waals surface area (Å²) >= 11 is 0. The van der Waals surface area contributed by atoms with Crippen LogP contribution < -0.4 is 74.6 Å². The van der Waals surface area contributed by atoms with Crippen LogP contribution in [0.1, 0.15) is 12.5 Å². The Kier molecular flexibility index (Phi) is 12.0. The van der Waals surface area contributed by atoms with Gasteiger partial charge in [-0.15, -0.1) is 5.11 Å². The maximum atomic E-state index is 13.6. The first-order chi connectivity index (χ1) is 18.7. The van der Waals surface area contributed by atoms with E-state index in [2.05, 4.69) is 20.5 Å². The van der Waals surface area contributed by atoms with Gasteiger partial charge in [-0.1, -0.05) is 42.1 Å². The van der Waals surface area contributed by atoms with Crippen LogP contribution in [0.15, 0.2) is 97.8 Å². The molecule has 0 spiro atoms. The van der Waals surface area contributed by atoms with E-state index in [-0.39, 0.29) is 81.7 Å². The Morgan fingerprint density at radius 3 is 2.12 bits per heavy atom. The first-order valence-electron chi connectivity index (χ1n) is 11.1. The van der Waals surface area contributed by atoms with Gasteiger partial charge in [-0.3, -0.25) is 18.9 Å². The number of amides is 1. The topological polar surface area (TPSA) is 221 Å². The van der Waals surface area contributed by atoms with E-state index in [1.807, 2.05) is 0 Å². The molecule has 0 aliphatic heterocycles. The Morgan fingerprint density at radius 2 is 1.52 bits per heavy atom. The molecular formula is C25H18N4Na2O9S2. The number of nitrogens with one attached hydrogen (secondary N) is 1. The molecule has 0 bridgehead atoms. The summed E-state index contributed by atoms with van der Waals surface area (Å²) < 4.78 is 67.6. The summed E-state index contributed by atoms with van der Waals surface area (Å²) in [7, 11) is -10.0. The molecule has 0 heterocycles. The molecule has 4 aromatic carbocycles. The zero-order valence-electron chi connectivity index (χ0n) is 22.3. The number of hydrogen-bond acceptors (Lipinski definition) is 10. The van der Waals surface area contributed by atoms with Gasteiger partial charge in [0.25, 0.3) is 20.2 Å². The number of rotatable bonds is 7. The summed E-state index contributed by atoms with van der Waals surface area (Å²) in [6.45, 7) is 1.28. The van der Waals surface area contributed by atoms with Crippen LogP contribution in [-0.4, -0.2) is 37.7 Å². The van der Waals surface area contributed by atoms with Crippen molar-refractivity contribution in [1.82, 2.24) is 0 Å². The number of azo groups is 1. The summed E-state index contributed by atoms with van der Waals surface area (Å²) in [4.78, 5) is 13.4. The van der Waals surface area contributed by atoms with E-state index in [4.69, 9.17) is 0 Å². The molecule has 17 heteroatoms. The Balaban J connectivity index is 0.00000308. The SMILES string of the molecule is CC(=O)Nc1cccc(N=Nc2c(S(=O)(=O)O)cc3cc(S(=O)(=O)O)cc(N=C([O-])c4ccccc4)c3c2[O-])c1.[Na+].[Na+]. The third kappa shape index (κ3) is 8.44. The molecule has 0 unspecified atom stereocenters. The van der Waals surface area contributed by atoms with E-state index in [0.29, 0.717) is 5.69 Å². The van der Waals surface area contributed by atoms with Gasteiger partial charge in [0.2, 0.25) is 5.91 Å². The van der Waals surface area contributed by atoms with Gasteiger partial charge in [0.15, 0.2) is 0 Å². The fourth-order valence-electron chi connectivity index (χ4n) is 3.66. The molecule has 0 saturated heterocycles. The molecule has 206 valence electrons. The van der Waals surface area contributed by atoms with Crippen LogP contribution in [-0.2, 0) is 25.0 Å². The Hall–Kier alpha value is -2.70. The summed E-state index contributed by atoms with van der Waals surface area (Å²) in [5, 5.41) is 35.6. The van der Waals surface area contributed by atoms with Gasteiger partial charge >= 0.3 is 59.1 Å². The molecular weight excluding hydrogens is 610 g/mol. The molecule has 0 aromatic heterocycles. The summed E-state index contributed by atoms with van der Waals surface area (Å²) in [5.74, 6) is -2.40. The number of carbonyl (C=O) groups excluding carboxylic acids is 1. The van der Waals surface area contributed by atoms with Crippen LogP contribution >= 0.6 is 0 Å². The van der Waals surface area contributed by atoms with Crippen molar-refractivity contribution in [3.05, 3.63) is 78.4 Å². The maximum Gasteiger partial charge on any atom is 1.00 e. The van der Waals surface area contributed by atoms with Crippen LogP contribution in [0.2, 0.25) is 0 Å². The molecule has 0 saturated carbocycles. The van der Waals surface area contributed by atoms with Crippen molar-refractivity contribution in [1.29, 1.82) is 0 Å². The molecule has 3 N–H and O–H groups in total. The van der Waals surface area contributed by atoms with Crippen LogP contribution in [0.25, 0.3) is 10.8 Å². The van der Waals surface area contributed by atoms with Gasteiger partial charge < -0.3 is 15.5 Å². The predicted octanol–water partition coefficient (Wildman–Crippen LogP) is -2.77. The molecule has 0 fully saturated rings. The molecule has 4 aromatic rings. The van der Waals surface area contributed by atoms with E-state index in [1.54, 1.807) is 24.3 Å². The van der Waals surface area contributed by atoms with Crippen molar-refractivity contribution >= 4 is 65.6 Å². The van der Waals surface area contributed by atoms with Gasteiger partial charge in [-0.05, 0) is 53.2 Å². The summed E-state index contributed by atoms with van der Waals surface area (Å²) in [6.07, 6.45) is 0.